The SMILES string of the molecule is C=C(/C=C\COc1ccc(/C=C(\C)CN2CCC(N(C)CCC(O)C=O)CC2)cc1)c1ccn[nH]1. The summed E-state index contributed by atoms with van der Waals surface area (Å²) in [5, 5.41) is 16.3. The number of aliphatic hydroxyl groups is 1. The Bertz CT molecular complexity index is 974. The van der Waals surface area contributed by atoms with Crippen LogP contribution in [0.25, 0.3) is 11.6 Å². The summed E-state index contributed by atoms with van der Waals surface area (Å²) in [6, 6.07) is 10.6. The van der Waals surface area contributed by atoms with Crippen molar-refractivity contribution in [1.82, 2.24) is 20.0 Å². The number of nitrogens with zero attached hydrogens (tertiary/aromatic N) is 3. The zero-order valence-electron chi connectivity index (χ0n) is 20.9. The Kier molecular flexibility index (Phi) is 10.5. The van der Waals surface area contributed by atoms with Crippen molar-refractivity contribution >= 4 is 17.9 Å². The zero-order valence-corrected chi connectivity index (χ0v) is 20.9. The Morgan fingerprint density at radius 2 is 2.06 bits per heavy atom. The fraction of sp³-hybridized carbons (Fsp3) is 0.429. The number of aldehydes is 1. The van der Waals surface area contributed by atoms with E-state index in [-0.39, 0.29) is 0 Å². The van der Waals surface area contributed by atoms with Crippen molar-refractivity contribution in [2.24, 2.45) is 0 Å². The molecule has 7 heteroatoms. The first kappa shape index (κ1) is 26.6. The molecule has 7 nitrogen and oxygen atoms in total. The van der Waals surface area contributed by atoms with Crippen LogP contribution in [0.15, 0.2) is 60.8 Å². The highest BCUT2D eigenvalue weighted by atomic mass is 16.5. The molecule has 0 bridgehead atoms. The van der Waals surface area contributed by atoms with Crippen LogP contribution >= 0.6 is 0 Å². The van der Waals surface area contributed by atoms with Gasteiger partial charge in [-0.05, 0) is 81.7 Å². The van der Waals surface area contributed by atoms with Gasteiger partial charge in [-0.15, -0.1) is 0 Å². The second kappa shape index (κ2) is 13.8. The Morgan fingerprint density at radius 1 is 1.31 bits per heavy atom. The van der Waals surface area contributed by atoms with E-state index < -0.39 is 6.10 Å². The van der Waals surface area contributed by atoms with E-state index in [1.807, 2.05) is 30.4 Å². The molecule has 188 valence electrons. The lowest BCUT2D eigenvalue weighted by Crippen LogP contribution is -2.44. The summed E-state index contributed by atoms with van der Waals surface area (Å²) in [6.45, 7) is 10.5. The number of hydrogen-bond acceptors (Lipinski definition) is 6. The first-order valence-electron chi connectivity index (χ1n) is 12.3. The van der Waals surface area contributed by atoms with Gasteiger partial charge in [0.2, 0.25) is 0 Å². The van der Waals surface area contributed by atoms with Crippen molar-refractivity contribution < 1.29 is 14.6 Å². The molecule has 2 heterocycles. The molecule has 35 heavy (non-hydrogen) atoms. The van der Waals surface area contributed by atoms with Gasteiger partial charge < -0.3 is 19.5 Å². The number of hydrogen-bond donors (Lipinski definition) is 2. The molecule has 1 atom stereocenters. The number of carbonyl (C=O) groups is 1. The highest BCUT2D eigenvalue weighted by Gasteiger charge is 2.22. The number of rotatable bonds is 13. The number of aliphatic hydroxyl groups excluding tert-OH is 1. The summed E-state index contributed by atoms with van der Waals surface area (Å²) >= 11 is 0. The molecule has 0 saturated carbocycles. The molecular formula is C28H38N4O3. The molecule has 3 rings (SSSR count). The van der Waals surface area contributed by atoms with Gasteiger partial charge in [-0.1, -0.05) is 36.4 Å². The fourth-order valence-electron chi connectivity index (χ4n) is 4.31. The molecule has 2 N–H and O–H groups in total. The minimum Gasteiger partial charge on any atom is -0.490 e. The summed E-state index contributed by atoms with van der Waals surface area (Å²) in [5.41, 5.74) is 4.27. The lowest BCUT2D eigenvalue weighted by Gasteiger charge is -2.37. The van der Waals surface area contributed by atoms with Crippen LogP contribution < -0.4 is 4.74 Å². The second-order valence-corrected chi connectivity index (χ2v) is 9.25. The minimum absolute atomic E-state index is 0.476. The van der Waals surface area contributed by atoms with Gasteiger partial charge >= 0.3 is 0 Å². The third-order valence-corrected chi connectivity index (χ3v) is 6.39. The highest BCUT2D eigenvalue weighted by molar-refractivity contribution is 5.68. The molecular weight excluding hydrogens is 440 g/mol. The van der Waals surface area contributed by atoms with E-state index in [9.17, 15) is 9.90 Å². The number of aromatic amines is 1. The standard InChI is InChI=1S/C28H38N4O3/c1-22(20-32-16-11-25(12-17-32)31(3)15-13-26(34)21-33)19-24-6-8-27(9-7-24)35-18-4-5-23(2)28-10-14-29-30-28/h4-10,14,19,21,25-26,34H,2,11-13,15-18,20H2,1,3H3,(H,29,30)/b5-4-,22-19+. The molecule has 1 aromatic carbocycles. The van der Waals surface area contributed by atoms with Crippen molar-refractivity contribution in [1.29, 1.82) is 0 Å². The first-order chi connectivity index (χ1) is 16.9. The van der Waals surface area contributed by atoms with E-state index in [1.54, 1.807) is 6.20 Å². The maximum atomic E-state index is 10.6. The molecule has 1 unspecified atom stereocenters. The van der Waals surface area contributed by atoms with E-state index in [0.29, 0.717) is 25.4 Å². The highest BCUT2D eigenvalue weighted by Crippen LogP contribution is 2.19. The summed E-state index contributed by atoms with van der Waals surface area (Å²) in [4.78, 5) is 15.4. The van der Waals surface area contributed by atoms with Gasteiger partial charge in [0, 0.05) is 25.3 Å². The number of nitrogens with one attached hydrogen (secondary N) is 1. The van der Waals surface area contributed by atoms with Gasteiger partial charge in [-0.25, -0.2) is 0 Å². The van der Waals surface area contributed by atoms with Crippen molar-refractivity contribution in [3.63, 3.8) is 0 Å². The van der Waals surface area contributed by atoms with Crippen LogP contribution in [0.4, 0.5) is 0 Å². The first-order valence-corrected chi connectivity index (χ1v) is 12.3. The molecule has 0 radical (unpaired) electrons. The summed E-state index contributed by atoms with van der Waals surface area (Å²) in [5.74, 6) is 0.837. The quantitative estimate of drug-likeness (QED) is 0.337. The lowest BCUT2D eigenvalue weighted by atomic mass is 10.0. The van der Waals surface area contributed by atoms with Crippen molar-refractivity contribution in [3.05, 3.63) is 72.1 Å². The normalized spacial score (nSPS) is 16.6. The van der Waals surface area contributed by atoms with E-state index in [2.05, 4.69) is 58.8 Å². The van der Waals surface area contributed by atoms with E-state index >= 15 is 0 Å². The lowest BCUT2D eigenvalue weighted by molar-refractivity contribution is -0.115. The third kappa shape index (κ3) is 8.94. The van der Waals surface area contributed by atoms with Crippen LogP contribution in [0.3, 0.4) is 0 Å². The van der Waals surface area contributed by atoms with Crippen LogP contribution in [0.5, 0.6) is 5.75 Å². The predicted octanol–water partition coefficient (Wildman–Crippen LogP) is 3.81. The summed E-state index contributed by atoms with van der Waals surface area (Å²) in [6.07, 6.45) is 10.3. The molecule has 0 aliphatic carbocycles. The second-order valence-electron chi connectivity index (χ2n) is 9.25. The number of likely N-dealkylation sites (tertiary alicyclic amines) is 1. The molecule has 0 spiro atoms. The Hall–Kier alpha value is -3.00. The maximum Gasteiger partial charge on any atom is 0.148 e. The maximum absolute atomic E-state index is 10.6. The molecule has 2 aromatic rings. The van der Waals surface area contributed by atoms with Gasteiger partial charge in [0.1, 0.15) is 24.7 Å². The van der Waals surface area contributed by atoms with Crippen LogP contribution in [0.1, 0.15) is 37.4 Å². The molecule has 0 amide bonds. The Balaban J connectivity index is 1.38. The smallest absolute Gasteiger partial charge is 0.148 e. The zero-order chi connectivity index (χ0) is 25.0. The van der Waals surface area contributed by atoms with Gasteiger partial charge in [0.15, 0.2) is 0 Å². The van der Waals surface area contributed by atoms with Crippen LogP contribution in [-0.4, -0.2) is 83.4 Å². The fourth-order valence-corrected chi connectivity index (χ4v) is 4.31. The van der Waals surface area contributed by atoms with Gasteiger partial charge in [0.25, 0.3) is 0 Å². The summed E-state index contributed by atoms with van der Waals surface area (Å²) in [7, 11) is 2.09. The number of allylic oxidation sites excluding steroid dienone is 2. The minimum atomic E-state index is -0.846. The average Bonchev–Trinajstić information content (AvgIpc) is 3.41. The van der Waals surface area contributed by atoms with Gasteiger partial charge in [-0.2, -0.15) is 5.10 Å². The van der Waals surface area contributed by atoms with Crippen molar-refractivity contribution in [2.75, 3.05) is 39.8 Å². The molecule has 1 aliphatic heterocycles. The molecule has 1 aromatic heterocycles. The van der Waals surface area contributed by atoms with E-state index in [0.717, 1.165) is 56.0 Å². The average molecular weight is 479 g/mol. The predicted molar refractivity (Wildman–Crippen MR) is 141 cm³/mol. The topological polar surface area (TPSA) is 81.7 Å². The van der Waals surface area contributed by atoms with Crippen molar-refractivity contribution in [2.45, 2.75) is 38.3 Å². The summed E-state index contributed by atoms with van der Waals surface area (Å²) < 4.78 is 5.80. The number of benzene rings is 1. The van der Waals surface area contributed by atoms with E-state index in [4.69, 9.17) is 4.74 Å². The molecule has 1 aliphatic rings. The van der Waals surface area contributed by atoms with E-state index in [1.165, 1.54) is 11.1 Å². The van der Waals surface area contributed by atoms with Crippen LogP contribution in [-0.2, 0) is 4.79 Å². The van der Waals surface area contributed by atoms with Crippen LogP contribution in [0, 0.1) is 0 Å². The van der Waals surface area contributed by atoms with Crippen molar-refractivity contribution in [3.8, 4) is 5.75 Å². The number of piperidine rings is 1. The van der Waals surface area contributed by atoms with Gasteiger partial charge in [-0.3, -0.25) is 10.00 Å². The molecule has 1 fully saturated rings. The Labute approximate surface area is 208 Å². The number of ether oxygens (including phenoxy) is 1. The Morgan fingerprint density at radius 3 is 2.71 bits per heavy atom. The van der Waals surface area contributed by atoms with Crippen LogP contribution in [0.2, 0.25) is 0 Å². The largest absolute Gasteiger partial charge is 0.490 e. The molecule has 1 saturated heterocycles. The van der Waals surface area contributed by atoms with Gasteiger partial charge in [0.05, 0.1) is 5.69 Å². The third-order valence-electron chi connectivity index (χ3n) is 6.39. The number of carbonyl (C=O) groups excluding carboxylic acids is 1. The number of H-pyrrole nitrogens is 1. The monoisotopic (exact) mass is 478 g/mol. The number of aromatic nitrogens is 2.